The van der Waals surface area contributed by atoms with E-state index in [1.807, 2.05) is 13.0 Å². The number of H-pyrrole nitrogens is 1. The van der Waals surface area contributed by atoms with Crippen molar-refractivity contribution in [3.05, 3.63) is 141 Å². The summed E-state index contributed by atoms with van der Waals surface area (Å²) in [7, 11) is -4.61. The van der Waals surface area contributed by atoms with E-state index in [4.69, 9.17) is 21.1 Å². The topological polar surface area (TPSA) is 195 Å². The van der Waals surface area contributed by atoms with Crippen LogP contribution in [0, 0.1) is 21.4 Å². The Bertz CT molecular complexity index is 3250. The number of ether oxygens (including phenoxy) is 2. The average Bonchev–Trinajstić information content (AvgIpc) is 4.18. The van der Waals surface area contributed by atoms with Gasteiger partial charge in [-0.25, -0.2) is 18.1 Å². The molecule has 6 aromatic rings. The van der Waals surface area contributed by atoms with Crippen molar-refractivity contribution in [3.8, 4) is 17.2 Å². The number of amides is 1. The number of anilines is 2. The van der Waals surface area contributed by atoms with Crippen molar-refractivity contribution in [3.63, 3.8) is 0 Å². The van der Waals surface area contributed by atoms with Crippen molar-refractivity contribution in [1.29, 1.82) is 0 Å². The Labute approximate surface area is 455 Å². The minimum absolute atomic E-state index is 0.0581. The molecule has 0 unspecified atom stereocenters. The number of fused-ring (bicyclic) bond motifs is 1. The molecule has 5 aliphatic rings. The van der Waals surface area contributed by atoms with Crippen molar-refractivity contribution in [2.45, 2.75) is 126 Å². The first-order chi connectivity index (χ1) is 37.0. The molecule has 2 aromatic heterocycles. The Morgan fingerprint density at radius 1 is 0.935 bits per heavy atom. The van der Waals surface area contributed by atoms with Crippen LogP contribution in [-0.4, -0.2) is 101 Å². The van der Waals surface area contributed by atoms with Gasteiger partial charge in [-0.1, -0.05) is 61.8 Å². The molecule has 16 nitrogen and oxygen atoms in total. The van der Waals surface area contributed by atoms with Crippen molar-refractivity contribution in [2.75, 3.05) is 49.5 Å². The molecule has 3 aliphatic carbocycles. The lowest BCUT2D eigenvalue weighted by Crippen LogP contribution is -2.60. The predicted octanol–water partition coefficient (Wildman–Crippen LogP) is 11.4. The van der Waals surface area contributed by atoms with E-state index in [2.05, 4.69) is 97.1 Å². The monoisotopic (exact) mass is 1080 g/mol. The van der Waals surface area contributed by atoms with Crippen LogP contribution in [0.25, 0.3) is 11.0 Å². The molecule has 1 atom stereocenters. The Kier molecular flexibility index (Phi) is 14.8. The number of hydrogen-bond donors (Lipinski definition) is 4. The number of aliphatic hydroxyl groups is 1. The molecule has 4 heterocycles. The SMILES string of the molecule is CC(C)c1ccccc1[C@@H]1CN(Cc2ccc(OC3CC3)cc2)CCN1C1CC2(CCN(c3ccc(C(=O)NS(=O)(=O)c4ccc(NCC5CCC(C)(O)CC5)c([N+](=O)[O-])c4)c(Oc4cnc5[nH]cc(Cl)c5c4)c3)CC2)C1. The lowest BCUT2D eigenvalue weighted by Gasteiger charge is -2.58. The highest BCUT2D eigenvalue weighted by Gasteiger charge is 2.50. The fourth-order valence-corrected chi connectivity index (χ4v) is 13.5. The van der Waals surface area contributed by atoms with Crippen molar-refractivity contribution < 1.29 is 32.7 Å². The Morgan fingerprint density at radius 2 is 1.69 bits per heavy atom. The number of halogens is 1. The smallest absolute Gasteiger partial charge is 0.293 e. The standard InChI is InChI=1S/C59H69ClN8O8S/c1-38(2)47-6-4-5-7-48(47)54-37-65(36-40-8-11-43(12-9-40)75-44-13-14-44)26-27-67(54)42-31-59(32-42)22-24-66(25-23-59)41-10-16-49(55(28-41)76-45-29-50-51(60)35-63-56(50)62-34-45)57(69)64-77(73,74)46-15-17-52(53(30-46)68(71)72)61-33-39-18-20-58(3,70)21-19-39/h4-12,15-17,28-30,34-35,38-39,42,44,54,61,70H,13-14,18-27,31-33,36-37H2,1-3H3,(H,62,63)(H,64,69)/t39?,54-,58?/m0/s1. The van der Waals surface area contributed by atoms with Crippen LogP contribution in [0.15, 0.2) is 108 Å². The fourth-order valence-electron chi connectivity index (χ4n) is 12.3. The first-order valence-corrected chi connectivity index (χ1v) is 29.2. The number of hydrogen-bond acceptors (Lipinski definition) is 13. The average molecular weight is 1090 g/mol. The third-order valence-corrected chi connectivity index (χ3v) is 18.6. The number of nitrogens with one attached hydrogen (secondary N) is 3. The summed E-state index contributed by atoms with van der Waals surface area (Å²) in [6.45, 7) is 12.3. The zero-order valence-corrected chi connectivity index (χ0v) is 45.6. The van der Waals surface area contributed by atoms with Gasteiger partial charge in [0.25, 0.3) is 21.6 Å². The number of carbonyl (C=O) groups is 1. The van der Waals surface area contributed by atoms with Gasteiger partial charge in [-0.05, 0) is 148 Å². The summed E-state index contributed by atoms with van der Waals surface area (Å²) in [6.07, 6.45) is 12.8. The van der Waals surface area contributed by atoms with Gasteiger partial charge < -0.3 is 29.8 Å². The number of piperidine rings is 1. The summed E-state index contributed by atoms with van der Waals surface area (Å²) >= 11 is 6.46. The molecule has 0 radical (unpaired) electrons. The molecule has 2 aliphatic heterocycles. The molecule has 77 heavy (non-hydrogen) atoms. The van der Waals surface area contributed by atoms with Crippen LogP contribution >= 0.6 is 11.6 Å². The molecular weight excluding hydrogens is 1020 g/mol. The third-order valence-electron chi connectivity index (χ3n) is 17.0. The summed E-state index contributed by atoms with van der Waals surface area (Å²) in [5.74, 6) is 0.980. The number of sulfonamides is 1. The number of piperazine rings is 1. The number of rotatable bonds is 17. The van der Waals surface area contributed by atoms with Crippen molar-refractivity contribution in [2.24, 2.45) is 11.3 Å². The quantitative estimate of drug-likeness (QED) is 0.0498. The Morgan fingerprint density at radius 3 is 2.42 bits per heavy atom. The molecule has 406 valence electrons. The molecule has 1 amide bonds. The number of benzene rings is 4. The first-order valence-electron chi connectivity index (χ1n) is 27.3. The van der Waals surface area contributed by atoms with E-state index in [0.29, 0.717) is 53.5 Å². The number of nitrogens with zero attached hydrogens (tertiary/aromatic N) is 5. The van der Waals surface area contributed by atoms with Gasteiger partial charge >= 0.3 is 0 Å². The maximum absolute atomic E-state index is 14.2. The van der Waals surface area contributed by atoms with Crippen LogP contribution < -0.4 is 24.4 Å². The molecular formula is C59H69ClN8O8S. The number of aromatic amines is 1. The summed E-state index contributed by atoms with van der Waals surface area (Å²) in [6, 6.07) is 28.8. The lowest BCUT2D eigenvalue weighted by molar-refractivity contribution is -0.384. The molecule has 11 rings (SSSR count). The van der Waals surface area contributed by atoms with E-state index in [0.717, 1.165) is 108 Å². The van der Waals surface area contributed by atoms with E-state index in [1.165, 1.54) is 35.0 Å². The van der Waals surface area contributed by atoms with E-state index < -0.39 is 37.0 Å². The summed E-state index contributed by atoms with van der Waals surface area (Å²) < 4.78 is 42.4. The third kappa shape index (κ3) is 11.8. The van der Waals surface area contributed by atoms with Crippen molar-refractivity contribution >= 4 is 55.6 Å². The minimum Gasteiger partial charge on any atom is -0.490 e. The van der Waals surface area contributed by atoms with Crippen molar-refractivity contribution in [1.82, 2.24) is 24.5 Å². The minimum atomic E-state index is -4.61. The highest BCUT2D eigenvalue weighted by atomic mass is 35.5. The molecule has 4 N–H and O–H groups in total. The van der Waals surface area contributed by atoms with Crippen LogP contribution in [0.2, 0.25) is 5.02 Å². The van der Waals surface area contributed by atoms with Crippen LogP contribution in [0.3, 0.4) is 0 Å². The highest BCUT2D eigenvalue weighted by molar-refractivity contribution is 7.90. The number of carbonyl (C=O) groups excluding carboxylic acids is 1. The molecule has 4 aromatic carbocycles. The first kappa shape index (κ1) is 52.8. The van der Waals surface area contributed by atoms with Gasteiger partial charge in [0.15, 0.2) is 0 Å². The summed E-state index contributed by atoms with van der Waals surface area (Å²) in [5, 5.41) is 26.8. The van der Waals surface area contributed by atoms with Crippen LogP contribution in [0.5, 0.6) is 17.2 Å². The zero-order valence-electron chi connectivity index (χ0n) is 44.0. The Balaban J connectivity index is 0.777. The second-order valence-electron chi connectivity index (χ2n) is 23.0. The largest absolute Gasteiger partial charge is 0.490 e. The van der Waals surface area contributed by atoms with Crippen LogP contribution in [0.1, 0.15) is 124 Å². The van der Waals surface area contributed by atoms with Crippen LogP contribution in [0.4, 0.5) is 17.1 Å². The fraction of sp³-hybridized carbons (Fsp3) is 0.458. The highest BCUT2D eigenvalue weighted by Crippen LogP contribution is 2.53. The number of nitro groups is 1. The van der Waals surface area contributed by atoms with E-state index in [9.17, 15) is 28.4 Å². The molecule has 5 fully saturated rings. The van der Waals surface area contributed by atoms with Gasteiger partial charge in [-0.15, -0.1) is 0 Å². The van der Waals surface area contributed by atoms with Gasteiger partial charge in [0.2, 0.25) is 0 Å². The second kappa shape index (κ2) is 21.5. The van der Waals surface area contributed by atoms with Crippen LogP contribution in [-0.2, 0) is 16.6 Å². The maximum Gasteiger partial charge on any atom is 0.293 e. The normalized spacial score (nSPS) is 22.2. The van der Waals surface area contributed by atoms with Gasteiger partial charge in [-0.2, -0.15) is 0 Å². The Hall–Kier alpha value is -6.24. The molecule has 1 spiro atoms. The maximum atomic E-state index is 14.2. The van der Waals surface area contributed by atoms with Gasteiger partial charge in [0, 0.05) is 87.3 Å². The molecule has 0 bridgehead atoms. The van der Waals surface area contributed by atoms with Gasteiger partial charge in [-0.3, -0.25) is 24.7 Å². The predicted molar refractivity (Wildman–Crippen MR) is 299 cm³/mol. The zero-order chi connectivity index (χ0) is 53.6. The number of pyridine rings is 1. The molecule has 3 saturated carbocycles. The van der Waals surface area contributed by atoms with Gasteiger partial charge in [0.05, 0.1) is 38.3 Å². The van der Waals surface area contributed by atoms with E-state index in [-0.39, 0.29) is 40.1 Å². The summed E-state index contributed by atoms with van der Waals surface area (Å²) in [4.78, 5) is 40.5. The number of nitro benzene ring substituents is 1. The number of aromatic nitrogens is 2. The molecule has 18 heteroatoms. The second-order valence-corrected chi connectivity index (χ2v) is 25.1. The van der Waals surface area contributed by atoms with E-state index in [1.54, 1.807) is 24.4 Å². The summed E-state index contributed by atoms with van der Waals surface area (Å²) in [5.41, 5.74) is 4.70. The molecule has 2 saturated heterocycles. The lowest BCUT2D eigenvalue weighted by atomic mass is 9.59. The van der Waals surface area contributed by atoms with Gasteiger partial charge in [0.1, 0.15) is 28.6 Å². The van der Waals surface area contributed by atoms with E-state index >= 15 is 0 Å².